The van der Waals surface area contributed by atoms with Gasteiger partial charge in [-0.05, 0) is 25.5 Å². The summed E-state index contributed by atoms with van der Waals surface area (Å²) in [4.78, 5) is 0. The highest BCUT2D eigenvalue weighted by Crippen LogP contribution is 2.26. The largest absolute Gasteiger partial charge is 0.459 e. The van der Waals surface area contributed by atoms with Crippen molar-refractivity contribution in [3.05, 3.63) is 47.7 Å². The quantitative estimate of drug-likeness (QED) is 0.581. The van der Waals surface area contributed by atoms with Gasteiger partial charge in [0.1, 0.15) is 11.3 Å². The number of furan rings is 1. The first-order valence-corrected chi connectivity index (χ1v) is 7.61. The van der Waals surface area contributed by atoms with Crippen molar-refractivity contribution >= 4 is 11.0 Å². The highest BCUT2D eigenvalue weighted by Gasteiger charge is 2.13. The summed E-state index contributed by atoms with van der Waals surface area (Å²) in [5.74, 6) is 1.61. The van der Waals surface area contributed by atoms with E-state index in [1.165, 1.54) is 0 Å². The van der Waals surface area contributed by atoms with E-state index in [1.807, 2.05) is 37.3 Å². The van der Waals surface area contributed by atoms with E-state index >= 15 is 0 Å². The highest BCUT2D eigenvalue weighted by molar-refractivity contribution is 5.82. The van der Waals surface area contributed by atoms with Gasteiger partial charge < -0.3 is 14.5 Å². The number of hydrogen-bond acceptors (Lipinski definition) is 3. The van der Waals surface area contributed by atoms with E-state index in [-0.39, 0.29) is 0 Å². The molecule has 2 aromatic rings. The van der Waals surface area contributed by atoms with Gasteiger partial charge in [0.2, 0.25) is 0 Å². The van der Waals surface area contributed by atoms with Crippen LogP contribution < -0.4 is 5.32 Å². The maximum absolute atomic E-state index is 5.98. The maximum Gasteiger partial charge on any atom is 0.134 e. The molecule has 0 fully saturated rings. The third-order valence-corrected chi connectivity index (χ3v) is 3.32. The molecule has 2 rings (SSSR count). The first-order valence-electron chi connectivity index (χ1n) is 7.61. The normalized spacial score (nSPS) is 12.0. The Morgan fingerprint density at radius 2 is 2.10 bits per heavy atom. The zero-order valence-electron chi connectivity index (χ0n) is 13.2. The number of nitrogens with one attached hydrogen (secondary N) is 1. The van der Waals surface area contributed by atoms with Crippen LogP contribution in [-0.4, -0.2) is 13.2 Å². The SMILES string of the molecule is CC=CCOCc1c(CNCC(C)C)oc2ccccc12. The molecule has 0 aliphatic heterocycles. The molecule has 0 saturated carbocycles. The van der Waals surface area contributed by atoms with Crippen molar-refractivity contribution in [3.63, 3.8) is 0 Å². The van der Waals surface area contributed by atoms with Gasteiger partial charge in [0.05, 0.1) is 19.8 Å². The summed E-state index contributed by atoms with van der Waals surface area (Å²) in [6.45, 7) is 9.34. The van der Waals surface area contributed by atoms with Gasteiger partial charge in [-0.15, -0.1) is 0 Å². The van der Waals surface area contributed by atoms with Gasteiger partial charge in [-0.1, -0.05) is 44.2 Å². The molecule has 114 valence electrons. The zero-order chi connectivity index (χ0) is 15.1. The van der Waals surface area contributed by atoms with E-state index in [0.29, 0.717) is 19.1 Å². The van der Waals surface area contributed by atoms with Crippen molar-refractivity contribution in [2.75, 3.05) is 13.2 Å². The van der Waals surface area contributed by atoms with Gasteiger partial charge in [-0.25, -0.2) is 0 Å². The first-order chi connectivity index (χ1) is 10.2. The predicted molar refractivity (Wildman–Crippen MR) is 87.2 cm³/mol. The molecule has 0 saturated heterocycles. The Kier molecular flexibility index (Phi) is 6.03. The van der Waals surface area contributed by atoms with Crippen LogP contribution in [0.3, 0.4) is 0 Å². The third kappa shape index (κ3) is 4.45. The summed E-state index contributed by atoms with van der Waals surface area (Å²) in [5, 5.41) is 4.59. The summed E-state index contributed by atoms with van der Waals surface area (Å²) in [6, 6.07) is 8.15. The van der Waals surface area contributed by atoms with Crippen LogP contribution in [0.5, 0.6) is 0 Å². The van der Waals surface area contributed by atoms with E-state index in [2.05, 4.69) is 25.2 Å². The monoisotopic (exact) mass is 287 g/mol. The van der Waals surface area contributed by atoms with E-state index in [1.54, 1.807) is 0 Å². The number of benzene rings is 1. The lowest BCUT2D eigenvalue weighted by atomic mass is 10.1. The summed E-state index contributed by atoms with van der Waals surface area (Å²) >= 11 is 0. The lowest BCUT2D eigenvalue weighted by molar-refractivity contribution is 0.147. The summed E-state index contributed by atoms with van der Waals surface area (Å²) < 4.78 is 11.7. The molecule has 1 aromatic carbocycles. The topological polar surface area (TPSA) is 34.4 Å². The van der Waals surface area contributed by atoms with Crippen molar-refractivity contribution in [3.8, 4) is 0 Å². The van der Waals surface area contributed by atoms with Gasteiger partial charge >= 0.3 is 0 Å². The summed E-state index contributed by atoms with van der Waals surface area (Å²) in [6.07, 6.45) is 4.01. The van der Waals surface area contributed by atoms with Crippen molar-refractivity contribution in [1.82, 2.24) is 5.32 Å². The van der Waals surface area contributed by atoms with Crippen molar-refractivity contribution in [2.24, 2.45) is 5.92 Å². The van der Waals surface area contributed by atoms with Gasteiger partial charge in [-0.2, -0.15) is 0 Å². The molecule has 0 atom stereocenters. The highest BCUT2D eigenvalue weighted by atomic mass is 16.5. The molecule has 1 heterocycles. The molecule has 1 N–H and O–H groups in total. The molecule has 0 aliphatic carbocycles. The standard InChI is InChI=1S/C18H25NO2/c1-4-5-10-20-13-16-15-8-6-7-9-17(15)21-18(16)12-19-11-14(2)3/h4-9,14,19H,10-13H2,1-3H3. The Bertz CT molecular complexity index is 584. The minimum atomic E-state index is 0.583. The molecular weight excluding hydrogens is 262 g/mol. The van der Waals surface area contributed by atoms with E-state index in [0.717, 1.165) is 35.4 Å². The molecule has 0 spiro atoms. The van der Waals surface area contributed by atoms with Crippen LogP contribution in [0.4, 0.5) is 0 Å². The number of fused-ring (bicyclic) bond motifs is 1. The van der Waals surface area contributed by atoms with Crippen molar-refractivity contribution in [1.29, 1.82) is 0 Å². The first kappa shape index (κ1) is 15.8. The van der Waals surface area contributed by atoms with Gasteiger partial charge in [-0.3, -0.25) is 0 Å². The fourth-order valence-electron chi connectivity index (χ4n) is 2.25. The number of rotatable bonds is 8. The molecular formula is C18H25NO2. The fraction of sp³-hybridized carbons (Fsp3) is 0.444. The summed E-state index contributed by atoms with van der Waals surface area (Å²) in [5.41, 5.74) is 2.09. The van der Waals surface area contributed by atoms with E-state index in [4.69, 9.17) is 9.15 Å². The molecule has 3 nitrogen and oxygen atoms in total. The molecule has 0 unspecified atom stereocenters. The van der Waals surface area contributed by atoms with Crippen LogP contribution in [0, 0.1) is 5.92 Å². The Morgan fingerprint density at radius 1 is 1.29 bits per heavy atom. The molecule has 3 heteroatoms. The average molecular weight is 287 g/mol. The lowest BCUT2D eigenvalue weighted by Gasteiger charge is -2.07. The number of para-hydroxylation sites is 1. The lowest BCUT2D eigenvalue weighted by Crippen LogP contribution is -2.19. The Hall–Kier alpha value is -1.58. The Balaban J connectivity index is 2.13. The number of ether oxygens (including phenoxy) is 1. The number of allylic oxidation sites excluding steroid dienone is 1. The van der Waals surface area contributed by atoms with Crippen LogP contribution in [0.2, 0.25) is 0 Å². The van der Waals surface area contributed by atoms with Crippen LogP contribution in [0.15, 0.2) is 40.8 Å². The second kappa shape index (κ2) is 8.01. The van der Waals surface area contributed by atoms with Gasteiger partial charge in [0.15, 0.2) is 0 Å². The second-order valence-electron chi connectivity index (χ2n) is 5.61. The fourth-order valence-corrected chi connectivity index (χ4v) is 2.25. The predicted octanol–water partition coefficient (Wildman–Crippen LogP) is 4.27. The number of hydrogen-bond donors (Lipinski definition) is 1. The zero-order valence-corrected chi connectivity index (χ0v) is 13.2. The Morgan fingerprint density at radius 3 is 2.86 bits per heavy atom. The summed E-state index contributed by atoms with van der Waals surface area (Å²) in [7, 11) is 0. The molecule has 0 aliphatic rings. The van der Waals surface area contributed by atoms with Crippen LogP contribution in [-0.2, 0) is 17.9 Å². The second-order valence-corrected chi connectivity index (χ2v) is 5.61. The average Bonchev–Trinajstić information content (AvgIpc) is 2.81. The van der Waals surface area contributed by atoms with Crippen LogP contribution in [0.1, 0.15) is 32.1 Å². The molecule has 21 heavy (non-hydrogen) atoms. The van der Waals surface area contributed by atoms with Gasteiger partial charge in [0, 0.05) is 10.9 Å². The van der Waals surface area contributed by atoms with E-state index in [9.17, 15) is 0 Å². The molecule has 0 bridgehead atoms. The molecule has 1 aromatic heterocycles. The smallest absolute Gasteiger partial charge is 0.134 e. The third-order valence-electron chi connectivity index (χ3n) is 3.32. The maximum atomic E-state index is 5.98. The minimum absolute atomic E-state index is 0.583. The minimum Gasteiger partial charge on any atom is -0.459 e. The molecule has 0 amide bonds. The Labute approximate surface area is 127 Å². The van der Waals surface area contributed by atoms with Crippen LogP contribution >= 0.6 is 0 Å². The molecule has 0 radical (unpaired) electrons. The van der Waals surface area contributed by atoms with Gasteiger partial charge in [0.25, 0.3) is 0 Å². The van der Waals surface area contributed by atoms with Crippen molar-refractivity contribution in [2.45, 2.75) is 33.9 Å². The van der Waals surface area contributed by atoms with E-state index < -0.39 is 0 Å². The van der Waals surface area contributed by atoms with Crippen molar-refractivity contribution < 1.29 is 9.15 Å². The van der Waals surface area contributed by atoms with Crippen LogP contribution in [0.25, 0.3) is 11.0 Å².